The van der Waals surface area contributed by atoms with Gasteiger partial charge in [0, 0.05) is 26.1 Å². The molecule has 1 fully saturated rings. The molecular formula is C13H16N2O8. The molecule has 1 aliphatic heterocycles. The maximum Gasteiger partial charge on any atom is 0.330 e. The zero-order chi connectivity index (χ0) is 17.1. The van der Waals surface area contributed by atoms with Crippen molar-refractivity contribution in [2.24, 2.45) is 0 Å². The van der Waals surface area contributed by atoms with Gasteiger partial charge < -0.3 is 19.3 Å². The zero-order valence-electron chi connectivity index (χ0n) is 12.4. The number of nitrogens with one attached hydrogen (secondary N) is 1. The Bertz CT molecular complexity index is 708. The zero-order valence-corrected chi connectivity index (χ0v) is 12.4. The Labute approximate surface area is 129 Å². The van der Waals surface area contributed by atoms with Crippen LogP contribution >= 0.6 is 0 Å². The van der Waals surface area contributed by atoms with E-state index in [1.165, 1.54) is 0 Å². The van der Waals surface area contributed by atoms with Gasteiger partial charge >= 0.3 is 17.6 Å². The molecule has 1 saturated heterocycles. The second kappa shape index (κ2) is 6.75. The Hall–Kier alpha value is -2.46. The highest BCUT2D eigenvalue weighted by Gasteiger charge is 2.50. The van der Waals surface area contributed by atoms with E-state index in [2.05, 4.69) is 0 Å². The summed E-state index contributed by atoms with van der Waals surface area (Å²) in [7, 11) is 0. The highest BCUT2D eigenvalue weighted by molar-refractivity contribution is 5.67. The largest absolute Gasteiger partial charge is 0.456 e. The first-order valence-corrected chi connectivity index (χ1v) is 6.75. The van der Waals surface area contributed by atoms with E-state index >= 15 is 0 Å². The van der Waals surface area contributed by atoms with Gasteiger partial charge in [-0.05, 0) is 0 Å². The van der Waals surface area contributed by atoms with Crippen molar-refractivity contribution in [1.82, 2.24) is 9.55 Å². The van der Waals surface area contributed by atoms with E-state index in [4.69, 9.17) is 14.2 Å². The molecule has 2 rings (SSSR count). The van der Waals surface area contributed by atoms with E-state index in [9.17, 15) is 24.3 Å². The van der Waals surface area contributed by atoms with Crippen molar-refractivity contribution in [3.05, 3.63) is 33.1 Å². The van der Waals surface area contributed by atoms with Gasteiger partial charge in [-0.2, -0.15) is 0 Å². The fraction of sp³-hybridized carbons (Fsp3) is 0.538. The summed E-state index contributed by atoms with van der Waals surface area (Å²) >= 11 is 0. The van der Waals surface area contributed by atoms with Crippen molar-refractivity contribution in [1.29, 1.82) is 0 Å². The van der Waals surface area contributed by atoms with E-state index in [0.717, 1.165) is 30.7 Å². The normalized spacial score (nSPS) is 26.7. The SMILES string of the molecule is CC(=O)O[C@@H]1[C@@H](OC(C)=O)[C@@H](CO)O[C@H]1n1ccc(=O)[nH]c1=O. The number of carbonyl (C=O) groups excluding carboxylic acids is 2. The lowest BCUT2D eigenvalue weighted by Crippen LogP contribution is -2.42. The lowest BCUT2D eigenvalue weighted by molar-refractivity contribution is -0.165. The molecule has 0 radical (unpaired) electrons. The van der Waals surface area contributed by atoms with E-state index in [-0.39, 0.29) is 0 Å². The molecule has 1 aromatic rings. The van der Waals surface area contributed by atoms with Crippen LogP contribution in [0.4, 0.5) is 0 Å². The third-order valence-electron chi connectivity index (χ3n) is 3.19. The number of aliphatic hydroxyl groups is 1. The van der Waals surface area contributed by atoms with Gasteiger partial charge in [0.05, 0.1) is 6.61 Å². The second-order valence-electron chi connectivity index (χ2n) is 4.91. The predicted molar refractivity (Wildman–Crippen MR) is 73.4 cm³/mol. The quantitative estimate of drug-likeness (QED) is 0.623. The number of ether oxygens (including phenoxy) is 3. The second-order valence-corrected chi connectivity index (χ2v) is 4.91. The summed E-state index contributed by atoms with van der Waals surface area (Å²) in [6.07, 6.45) is -3.24. The monoisotopic (exact) mass is 328 g/mol. The molecule has 1 aromatic heterocycles. The molecule has 10 nitrogen and oxygen atoms in total. The Morgan fingerprint density at radius 2 is 1.87 bits per heavy atom. The topological polar surface area (TPSA) is 137 Å². The summed E-state index contributed by atoms with van der Waals surface area (Å²) in [6, 6.07) is 1.09. The molecule has 0 unspecified atom stereocenters. The summed E-state index contributed by atoms with van der Waals surface area (Å²) in [5.74, 6) is -1.35. The Balaban J connectivity index is 2.43. The van der Waals surface area contributed by atoms with Crippen molar-refractivity contribution >= 4 is 11.9 Å². The van der Waals surface area contributed by atoms with Crippen molar-refractivity contribution in [2.75, 3.05) is 6.61 Å². The fourth-order valence-corrected chi connectivity index (χ4v) is 2.36. The molecule has 0 spiro atoms. The molecule has 0 aliphatic carbocycles. The summed E-state index contributed by atoms with van der Waals surface area (Å²) < 4.78 is 16.6. The molecular weight excluding hydrogens is 312 g/mol. The first kappa shape index (κ1) is 16.9. The first-order chi connectivity index (χ1) is 10.8. The third kappa shape index (κ3) is 3.66. The number of aliphatic hydroxyl groups excluding tert-OH is 1. The molecule has 23 heavy (non-hydrogen) atoms. The lowest BCUT2D eigenvalue weighted by Gasteiger charge is -2.23. The number of nitrogens with zero attached hydrogens (tertiary/aromatic N) is 1. The number of H-pyrrole nitrogens is 1. The molecule has 2 N–H and O–H groups in total. The van der Waals surface area contributed by atoms with Crippen LogP contribution < -0.4 is 11.2 Å². The van der Waals surface area contributed by atoms with Gasteiger partial charge in [0.1, 0.15) is 6.10 Å². The lowest BCUT2D eigenvalue weighted by atomic mass is 10.1. The van der Waals surface area contributed by atoms with E-state index < -0.39 is 54.3 Å². The molecule has 0 amide bonds. The Morgan fingerprint density at radius 3 is 2.39 bits per heavy atom. The maximum atomic E-state index is 11.9. The molecule has 2 heterocycles. The van der Waals surface area contributed by atoms with Gasteiger partial charge in [-0.15, -0.1) is 0 Å². The van der Waals surface area contributed by atoms with Crippen LogP contribution in [0.2, 0.25) is 0 Å². The van der Waals surface area contributed by atoms with Crippen molar-refractivity contribution < 1.29 is 28.9 Å². The van der Waals surface area contributed by atoms with Crippen LogP contribution in [0.25, 0.3) is 0 Å². The molecule has 1 aliphatic rings. The predicted octanol–water partition coefficient (Wildman–Crippen LogP) is -1.71. The van der Waals surface area contributed by atoms with Crippen molar-refractivity contribution in [2.45, 2.75) is 38.4 Å². The van der Waals surface area contributed by atoms with Crippen molar-refractivity contribution in [3.8, 4) is 0 Å². The van der Waals surface area contributed by atoms with Crippen LogP contribution in [0.5, 0.6) is 0 Å². The minimum absolute atomic E-state index is 0.523. The number of aromatic amines is 1. The molecule has 126 valence electrons. The average molecular weight is 328 g/mol. The van der Waals surface area contributed by atoms with E-state index in [0.29, 0.717) is 0 Å². The van der Waals surface area contributed by atoms with Gasteiger partial charge in [-0.25, -0.2) is 4.79 Å². The van der Waals surface area contributed by atoms with E-state index in [1.54, 1.807) is 0 Å². The number of carbonyl (C=O) groups is 2. The van der Waals surface area contributed by atoms with Crippen LogP contribution in [-0.4, -0.2) is 51.5 Å². The van der Waals surface area contributed by atoms with Crippen LogP contribution in [0, 0.1) is 0 Å². The van der Waals surface area contributed by atoms with Gasteiger partial charge in [0.25, 0.3) is 5.56 Å². The number of hydrogen-bond acceptors (Lipinski definition) is 8. The third-order valence-corrected chi connectivity index (χ3v) is 3.19. The molecule has 10 heteroatoms. The summed E-state index contributed by atoms with van der Waals surface area (Å²) in [5, 5.41) is 9.38. The van der Waals surface area contributed by atoms with Gasteiger partial charge in [-0.3, -0.25) is 23.9 Å². The maximum absolute atomic E-state index is 11.9. The van der Waals surface area contributed by atoms with Crippen molar-refractivity contribution in [3.63, 3.8) is 0 Å². The molecule has 0 saturated carbocycles. The van der Waals surface area contributed by atoms with Gasteiger partial charge in [-0.1, -0.05) is 0 Å². The van der Waals surface area contributed by atoms with Crippen LogP contribution in [0.1, 0.15) is 20.1 Å². The molecule has 4 atom stereocenters. The van der Waals surface area contributed by atoms with Crippen LogP contribution in [0.3, 0.4) is 0 Å². The first-order valence-electron chi connectivity index (χ1n) is 6.75. The molecule has 0 bridgehead atoms. The van der Waals surface area contributed by atoms with E-state index in [1.807, 2.05) is 4.98 Å². The summed E-state index contributed by atoms with van der Waals surface area (Å²) in [4.78, 5) is 47.6. The smallest absolute Gasteiger partial charge is 0.330 e. The minimum atomic E-state index is -1.16. The highest BCUT2D eigenvalue weighted by atomic mass is 16.6. The standard InChI is InChI=1S/C13H16N2O8/c1-6(17)21-10-8(5-16)23-12(11(10)22-7(2)18)15-4-3-9(19)14-13(15)20/h3-4,8,10-12,16H,5H2,1-2H3,(H,14,19,20)/t8-,10+,11-,12-/m1/s1. The average Bonchev–Trinajstić information content (AvgIpc) is 2.76. The number of aromatic nitrogens is 2. The number of esters is 2. The van der Waals surface area contributed by atoms with Crippen LogP contribution in [0.15, 0.2) is 21.9 Å². The Kier molecular flexibility index (Phi) is 4.96. The highest BCUT2D eigenvalue weighted by Crippen LogP contribution is 2.32. The summed E-state index contributed by atoms with van der Waals surface area (Å²) in [5.41, 5.74) is -1.40. The van der Waals surface area contributed by atoms with Gasteiger partial charge in [0.15, 0.2) is 18.4 Å². The number of rotatable bonds is 4. The Morgan fingerprint density at radius 1 is 1.26 bits per heavy atom. The minimum Gasteiger partial charge on any atom is -0.456 e. The summed E-state index contributed by atoms with van der Waals surface area (Å²) in [6.45, 7) is 1.77. The number of hydrogen-bond donors (Lipinski definition) is 2. The van der Waals surface area contributed by atoms with Crippen LogP contribution in [-0.2, 0) is 23.8 Å². The molecule has 0 aromatic carbocycles. The van der Waals surface area contributed by atoms with Gasteiger partial charge in [0.2, 0.25) is 0 Å². The fourth-order valence-electron chi connectivity index (χ4n) is 2.36.